The Morgan fingerprint density at radius 3 is 2.50 bits per heavy atom. The summed E-state index contributed by atoms with van der Waals surface area (Å²) >= 11 is 0. The summed E-state index contributed by atoms with van der Waals surface area (Å²) in [7, 11) is 2.05. The van der Waals surface area contributed by atoms with Gasteiger partial charge < -0.3 is 10.6 Å². The summed E-state index contributed by atoms with van der Waals surface area (Å²) in [5.74, 6) is 2.73. The van der Waals surface area contributed by atoms with E-state index in [0.717, 1.165) is 17.8 Å². The van der Waals surface area contributed by atoms with Crippen molar-refractivity contribution in [2.24, 2.45) is 17.8 Å². The van der Waals surface area contributed by atoms with E-state index in [1.54, 1.807) is 0 Å². The molecule has 0 saturated heterocycles. The number of hydrogen-bond donors (Lipinski definition) is 2. The van der Waals surface area contributed by atoms with Crippen LogP contribution in [0, 0.1) is 17.8 Å². The lowest BCUT2D eigenvalue weighted by Crippen LogP contribution is -2.24. The van der Waals surface area contributed by atoms with E-state index < -0.39 is 0 Å². The molecule has 0 bridgehead atoms. The molecule has 2 heteroatoms. The van der Waals surface area contributed by atoms with Crippen LogP contribution in [0.2, 0.25) is 0 Å². The molecule has 14 heavy (non-hydrogen) atoms. The van der Waals surface area contributed by atoms with Crippen molar-refractivity contribution in [1.29, 1.82) is 0 Å². The first-order valence-electron chi connectivity index (χ1n) is 6.01. The topological polar surface area (TPSA) is 24.1 Å². The lowest BCUT2D eigenvalue weighted by Gasteiger charge is -2.10. The second-order valence-corrected chi connectivity index (χ2v) is 5.23. The van der Waals surface area contributed by atoms with E-state index >= 15 is 0 Å². The second kappa shape index (κ2) is 5.72. The van der Waals surface area contributed by atoms with Crippen molar-refractivity contribution >= 4 is 0 Å². The van der Waals surface area contributed by atoms with Gasteiger partial charge in [-0.25, -0.2) is 0 Å². The van der Waals surface area contributed by atoms with Gasteiger partial charge in [-0.15, -0.1) is 0 Å². The molecule has 1 aliphatic rings. The molecule has 1 saturated carbocycles. The van der Waals surface area contributed by atoms with E-state index in [1.165, 1.54) is 25.9 Å². The van der Waals surface area contributed by atoms with Gasteiger partial charge in [0, 0.05) is 6.04 Å². The predicted octanol–water partition coefficient (Wildman–Crippen LogP) is 1.87. The van der Waals surface area contributed by atoms with Crippen molar-refractivity contribution < 1.29 is 0 Å². The van der Waals surface area contributed by atoms with Crippen LogP contribution in [0.3, 0.4) is 0 Å². The molecule has 84 valence electrons. The van der Waals surface area contributed by atoms with Gasteiger partial charge in [0.2, 0.25) is 0 Å². The lowest BCUT2D eigenvalue weighted by atomic mass is 10.1. The maximum absolute atomic E-state index is 3.55. The molecule has 0 amide bonds. The Morgan fingerprint density at radius 2 is 1.93 bits per heavy atom. The Labute approximate surface area is 88.8 Å². The zero-order valence-corrected chi connectivity index (χ0v) is 10.1. The SMILES string of the molecule is CNC(C)CC1CC1CNCC(C)C. The third kappa shape index (κ3) is 4.43. The van der Waals surface area contributed by atoms with Crippen molar-refractivity contribution in [1.82, 2.24) is 10.6 Å². The third-order valence-corrected chi connectivity index (χ3v) is 3.18. The average molecular weight is 198 g/mol. The summed E-state index contributed by atoms with van der Waals surface area (Å²) in [6.45, 7) is 9.21. The maximum Gasteiger partial charge on any atom is 0.00384 e. The van der Waals surface area contributed by atoms with Gasteiger partial charge in [0.05, 0.1) is 0 Å². The number of rotatable bonds is 7. The van der Waals surface area contributed by atoms with Gasteiger partial charge in [-0.05, 0) is 57.7 Å². The fraction of sp³-hybridized carbons (Fsp3) is 1.00. The summed E-state index contributed by atoms with van der Waals surface area (Å²) in [4.78, 5) is 0. The van der Waals surface area contributed by atoms with Crippen LogP contribution < -0.4 is 10.6 Å². The molecule has 0 radical (unpaired) electrons. The second-order valence-electron chi connectivity index (χ2n) is 5.23. The average Bonchev–Trinajstić information content (AvgIpc) is 2.83. The first kappa shape index (κ1) is 12.0. The molecule has 0 aliphatic heterocycles. The Kier molecular flexibility index (Phi) is 4.90. The normalized spacial score (nSPS) is 28.1. The Bertz CT molecular complexity index is 156. The monoisotopic (exact) mass is 198 g/mol. The van der Waals surface area contributed by atoms with Gasteiger partial charge in [-0.2, -0.15) is 0 Å². The highest BCUT2D eigenvalue weighted by Crippen LogP contribution is 2.41. The fourth-order valence-electron chi connectivity index (χ4n) is 1.98. The maximum atomic E-state index is 3.55. The van der Waals surface area contributed by atoms with Crippen molar-refractivity contribution in [2.45, 2.75) is 39.7 Å². The van der Waals surface area contributed by atoms with Crippen LogP contribution in [0.5, 0.6) is 0 Å². The number of nitrogens with one attached hydrogen (secondary N) is 2. The fourth-order valence-corrected chi connectivity index (χ4v) is 1.98. The molecule has 0 heterocycles. The molecule has 1 aliphatic carbocycles. The van der Waals surface area contributed by atoms with Gasteiger partial charge in [-0.1, -0.05) is 13.8 Å². The van der Waals surface area contributed by atoms with Crippen LogP contribution in [-0.2, 0) is 0 Å². The molecular weight excluding hydrogens is 172 g/mol. The van der Waals surface area contributed by atoms with E-state index in [1.807, 2.05) is 0 Å². The minimum atomic E-state index is 0.690. The summed E-state index contributed by atoms with van der Waals surface area (Å²) in [5.41, 5.74) is 0. The number of hydrogen-bond acceptors (Lipinski definition) is 2. The third-order valence-electron chi connectivity index (χ3n) is 3.18. The molecule has 0 aromatic carbocycles. The molecular formula is C12H26N2. The highest BCUT2D eigenvalue weighted by molar-refractivity contribution is 4.89. The highest BCUT2D eigenvalue weighted by atomic mass is 14.9. The zero-order valence-electron chi connectivity index (χ0n) is 10.1. The Morgan fingerprint density at radius 1 is 1.21 bits per heavy atom. The molecule has 0 aromatic rings. The van der Waals surface area contributed by atoms with E-state index in [4.69, 9.17) is 0 Å². The van der Waals surface area contributed by atoms with E-state index in [-0.39, 0.29) is 0 Å². The molecule has 2 N–H and O–H groups in total. The lowest BCUT2D eigenvalue weighted by molar-refractivity contribution is 0.481. The van der Waals surface area contributed by atoms with Gasteiger partial charge in [0.25, 0.3) is 0 Å². The van der Waals surface area contributed by atoms with E-state index in [0.29, 0.717) is 6.04 Å². The zero-order chi connectivity index (χ0) is 10.6. The first-order chi connectivity index (χ1) is 6.63. The molecule has 3 atom stereocenters. The van der Waals surface area contributed by atoms with Crippen LogP contribution in [0.25, 0.3) is 0 Å². The highest BCUT2D eigenvalue weighted by Gasteiger charge is 2.36. The van der Waals surface area contributed by atoms with Gasteiger partial charge in [-0.3, -0.25) is 0 Å². The summed E-state index contributed by atoms with van der Waals surface area (Å²) in [6.07, 6.45) is 2.79. The van der Waals surface area contributed by atoms with Gasteiger partial charge in [0.15, 0.2) is 0 Å². The standard InChI is InChI=1S/C12H26N2/c1-9(2)7-14-8-12-6-11(12)5-10(3)13-4/h9-14H,5-8H2,1-4H3. The van der Waals surface area contributed by atoms with Gasteiger partial charge >= 0.3 is 0 Å². The first-order valence-corrected chi connectivity index (χ1v) is 6.01. The smallest absolute Gasteiger partial charge is 0.00384 e. The van der Waals surface area contributed by atoms with Crippen molar-refractivity contribution in [2.75, 3.05) is 20.1 Å². The van der Waals surface area contributed by atoms with Crippen LogP contribution in [0.1, 0.15) is 33.6 Å². The van der Waals surface area contributed by atoms with Crippen molar-refractivity contribution in [3.63, 3.8) is 0 Å². The van der Waals surface area contributed by atoms with Crippen LogP contribution in [0.4, 0.5) is 0 Å². The summed E-state index contributed by atoms with van der Waals surface area (Å²) in [5, 5.41) is 6.86. The summed E-state index contributed by atoms with van der Waals surface area (Å²) in [6, 6.07) is 0.690. The molecule has 3 unspecified atom stereocenters. The minimum absolute atomic E-state index is 0.690. The van der Waals surface area contributed by atoms with Crippen molar-refractivity contribution in [3.8, 4) is 0 Å². The largest absolute Gasteiger partial charge is 0.317 e. The van der Waals surface area contributed by atoms with Gasteiger partial charge in [0.1, 0.15) is 0 Å². The quantitative estimate of drug-likeness (QED) is 0.652. The van der Waals surface area contributed by atoms with E-state index in [9.17, 15) is 0 Å². The predicted molar refractivity (Wildman–Crippen MR) is 62.4 cm³/mol. The Balaban J connectivity index is 1.97. The molecule has 1 rings (SSSR count). The molecule has 0 aromatic heterocycles. The molecule has 1 fully saturated rings. The minimum Gasteiger partial charge on any atom is -0.317 e. The van der Waals surface area contributed by atoms with Crippen molar-refractivity contribution in [3.05, 3.63) is 0 Å². The molecule has 0 spiro atoms. The van der Waals surface area contributed by atoms with Crippen LogP contribution in [0.15, 0.2) is 0 Å². The van der Waals surface area contributed by atoms with Crippen LogP contribution >= 0.6 is 0 Å². The summed E-state index contributed by atoms with van der Waals surface area (Å²) < 4.78 is 0. The van der Waals surface area contributed by atoms with Crippen LogP contribution in [-0.4, -0.2) is 26.2 Å². The van der Waals surface area contributed by atoms with E-state index in [2.05, 4.69) is 38.5 Å². The molecule has 2 nitrogen and oxygen atoms in total. The Hall–Kier alpha value is -0.0800.